The fourth-order valence-corrected chi connectivity index (χ4v) is 3.34. The van der Waals surface area contributed by atoms with Gasteiger partial charge in [0.15, 0.2) is 9.84 Å². The predicted octanol–water partition coefficient (Wildman–Crippen LogP) is 3.86. The molecule has 1 atom stereocenters. The molecule has 0 heterocycles. The summed E-state index contributed by atoms with van der Waals surface area (Å²) in [5.41, 5.74) is 0.985. The molecule has 1 aromatic carbocycles. The van der Waals surface area contributed by atoms with E-state index in [4.69, 9.17) is 0 Å². The van der Waals surface area contributed by atoms with Crippen molar-refractivity contribution in [1.82, 2.24) is 0 Å². The van der Waals surface area contributed by atoms with Gasteiger partial charge in [0.2, 0.25) is 0 Å². The van der Waals surface area contributed by atoms with Crippen molar-refractivity contribution in [3.63, 3.8) is 0 Å². The first-order valence-electron chi connectivity index (χ1n) is 7.09. The summed E-state index contributed by atoms with van der Waals surface area (Å²) in [5, 5.41) is 3.39. The molecule has 108 valence electrons. The quantitative estimate of drug-likeness (QED) is 0.788. The second-order valence-electron chi connectivity index (χ2n) is 5.03. The largest absolute Gasteiger partial charge is 0.383 e. The number of rotatable bonds is 8. The maximum Gasteiger partial charge on any atom is 0.178 e. The minimum absolute atomic E-state index is 0.215. The topological polar surface area (TPSA) is 46.2 Å². The number of sulfone groups is 1. The molecule has 4 heteroatoms. The van der Waals surface area contributed by atoms with Crippen LogP contribution in [-0.4, -0.2) is 20.2 Å². The Balaban J connectivity index is 2.66. The fraction of sp³-hybridized carbons (Fsp3) is 0.600. The van der Waals surface area contributed by atoms with Gasteiger partial charge in [0, 0.05) is 11.7 Å². The van der Waals surface area contributed by atoms with Crippen LogP contribution in [-0.2, 0) is 9.84 Å². The maximum absolute atomic E-state index is 11.9. The summed E-state index contributed by atoms with van der Waals surface area (Å²) in [6.07, 6.45) is 4.18. The Morgan fingerprint density at radius 3 is 2.26 bits per heavy atom. The van der Waals surface area contributed by atoms with Crippen LogP contribution in [0.2, 0.25) is 0 Å². The van der Waals surface area contributed by atoms with Crippen LogP contribution in [0.1, 0.15) is 46.5 Å². The van der Waals surface area contributed by atoms with Crippen LogP contribution < -0.4 is 5.32 Å². The van der Waals surface area contributed by atoms with Gasteiger partial charge in [0.25, 0.3) is 0 Å². The van der Waals surface area contributed by atoms with Crippen LogP contribution in [0.25, 0.3) is 0 Å². The number of nitrogens with one attached hydrogen (secondary N) is 1. The lowest BCUT2D eigenvalue weighted by Gasteiger charge is -2.15. The Hall–Kier alpha value is -1.03. The molecule has 0 aliphatic heterocycles. The van der Waals surface area contributed by atoms with Crippen LogP contribution in [0.4, 0.5) is 5.69 Å². The van der Waals surface area contributed by atoms with Gasteiger partial charge < -0.3 is 5.32 Å². The lowest BCUT2D eigenvalue weighted by molar-refractivity contribution is 0.594. The Labute approximate surface area is 117 Å². The standard InChI is InChI=1S/C15H25NO2S/c1-4-6-7-13(3)16-14-8-10-15(11-9-14)19(17,18)12-5-2/h8-11,13,16H,4-7,12H2,1-3H3. The Morgan fingerprint density at radius 2 is 1.74 bits per heavy atom. The summed E-state index contributed by atoms with van der Waals surface area (Å²) in [4.78, 5) is 0.418. The number of anilines is 1. The molecule has 0 amide bonds. The normalized spacial score (nSPS) is 13.2. The molecule has 0 aliphatic carbocycles. The lowest BCUT2D eigenvalue weighted by Crippen LogP contribution is -2.14. The molecule has 0 saturated carbocycles. The van der Waals surface area contributed by atoms with Crippen molar-refractivity contribution in [1.29, 1.82) is 0 Å². The number of hydrogen-bond donors (Lipinski definition) is 1. The van der Waals surface area contributed by atoms with Gasteiger partial charge >= 0.3 is 0 Å². The predicted molar refractivity (Wildman–Crippen MR) is 81.4 cm³/mol. The first-order chi connectivity index (χ1) is 8.99. The summed E-state index contributed by atoms with van der Waals surface area (Å²) in [7, 11) is -3.10. The highest BCUT2D eigenvalue weighted by Gasteiger charge is 2.12. The van der Waals surface area contributed by atoms with Crippen molar-refractivity contribution in [3.8, 4) is 0 Å². The number of benzene rings is 1. The lowest BCUT2D eigenvalue weighted by atomic mass is 10.1. The zero-order valence-electron chi connectivity index (χ0n) is 12.1. The smallest absolute Gasteiger partial charge is 0.178 e. The van der Waals surface area contributed by atoms with E-state index in [0.717, 1.165) is 12.1 Å². The van der Waals surface area contributed by atoms with Gasteiger partial charge in [-0.3, -0.25) is 0 Å². The summed E-state index contributed by atoms with van der Waals surface area (Å²) >= 11 is 0. The monoisotopic (exact) mass is 283 g/mol. The second-order valence-corrected chi connectivity index (χ2v) is 7.14. The molecule has 3 nitrogen and oxygen atoms in total. The van der Waals surface area contributed by atoms with E-state index in [9.17, 15) is 8.42 Å². The average molecular weight is 283 g/mol. The molecule has 1 unspecified atom stereocenters. The van der Waals surface area contributed by atoms with E-state index in [-0.39, 0.29) is 5.75 Å². The molecule has 0 fully saturated rings. The van der Waals surface area contributed by atoms with Gasteiger partial charge in [-0.25, -0.2) is 8.42 Å². The van der Waals surface area contributed by atoms with Crippen LogP contribution >= 0.6 is 0 Å². The van der Waals surface area contributed by atoms with Crippen LogP contribution in [0, 0.1) is 0 Å². The van der Waals surface area contributed by atoms with Crippen molar-refractivity contribution < 1.29 is 8.42 Å². The van der Waals surface area contributed by atoms with Crippen molar-refractivity contribution in [3.05, 3.63) is 24.3 Å². The molecular weight excluding hydrogens is 258 g/mol. The van der Waals surface area contributed by atoms with Crippen LogP contribution in [0.3, 0.4) is 0 Å². The van der Waals surface area contributed by atoms with Gasteiger partial charge in [-0.15, -0.1) is 0 Å². The molecule has 1 rings (SSSR count). The van der Waals surface area contributed by atoms with Crippen molar-refractivity contribution in [2.45, 2.75) is 57.4 Å². The van der Waals surface area contributed by atoms with Gasteiger partial charge in [-0.05, 0) is 44.0 Å². The van der Waals surface area contributed by atoms with Crippen molar-refractivity contribution >= 4 is 15.5 Å². The fourth-order valence-electron chi connectivity index (χ4n) is 2.01. The average Bonchev–Trinajstić information content (AvgIpc) is 2.37. The third-order valence-corrected chi connectivity index (χ3v) is 5.03. The molecule has 0 aromatic heterocycles. The van der Waals surface area contributed by atoms with E-state index >= 15 is 0 Å². The Bertz CT molecular complexity index is 465. The third kappa shape index (κ3) is 5.23. The highest BCUT2D eigenvalue weighted by atomic mass is 32.2. The molecule has 0 bridgehead atoms. The van der Waals surface area contributed by atoms with Gasteiger partial charge in [-0.1, -0.05) is 26.7 Å². The molecule has 0 radical (unpaired) electrons. The van der Waals surface area contributed by atoms with E-state index in [2.05, 4.69) is 19.2 Å². The SMILES string of the molecule is CCCCC(C)Nc1ccc(S(=O)(=O)CCC)cc1. The number of hydrogen-bond acceptors (Lipinski definition) is 3. The third-order valence-electron chi connectivity index (χ3n) is 3.09. The Morgan fingerprint density at radius 1 is 1.11 bits per heavy atom. The van der Waals surface area contributed by atoms with Crippen LogP contribution in [0.15, 0.2) is 29.2 Å². The van der Waals surface area contributed by atoms with E-state index in [0.29, 0.717) is 17.4 Å². The molecule has 0 aliphatic rings. The molecule has 1 N–H and O–H groups in total. The number of unbranched alkanes of at least 4 members (excludes halogenated alkanes) is 1. The minimum atomic E-state index is -3.10. The van der Waals surface area contributed by atoms with Crippen LogP contribution in [0.5, 0.6) is 0 Å². The van der Waals surface area contributed by atoms with Gasteiger partial charge in [0.1, 0.15) is 0 Å². The molecule has 0 spiro atoms. The highest BCUT2D eigenvalue weighted by Crippen LogP contribution is 2.17. The van der Waals surface area contributed by atoms with Crippen molar-refractivity contribution in [2.75, 3.05) is 11.1 Å². The summed E-state index contributed by atoms with van der Waals surface area (Å²) in [6, 6.07) is 7.51. The van der Waals surface area contributed by atoms with Crippen molar-refractivity contribution in [2.24, 2.45) is 0 Å². The maximum atomic E-state index is 11.9. The first-order valence-corrected chi connectivity index (χ1v) is 8.74. The van der Waals surface area contributed by atoms with E-state index in [1.165, 1.54) is 12.8 Å². The van der Waals surface area contributed by atoms with E-state index < -0.39 is 9.84 Å². The summed E-state index contributed by atoms with van der Waals surface area (Å²) < 4.78 is 23.8. The van der Waals surface area contributed by atoms with Gasteiger partial charge in [-0.2, -0.15) is 0 Å². The zero-order valence-corrected chi connectivity index (χ0v) is 13.0. The molecule has 1 aromatic rings. The zero-order chi connectivity index (χ0) is 14.3. The van der Waals surface area contributed by atoms with E-state index in [1.54, 1.807) is 12.1 Å². The minimum Gasteiger partial charge on any atom is -0.383 e. The highest BCUT2D eigenvalue weighted by molar-refractivity contribution is 7.91. The summed E-state index contributed by atoms with van der Waals surface area (Å²) in [6.45, 7) is 6.21. The Kier molecular flexibility index (Phi) is 6.35. The molecule has 0 saturated heterocycles. The van der Waals surface area contributed by atoms with Gasteiger partial charge in [0.05, 0.1) is 10.6 Å². The summed E-state index contributed by atoms with van der Waals surface area (Å²) in [5.74, 6) is 0.215. The van der Waals surface area contributed by atoms with E-state index in [1.807, 2.05) is 19.1 Å². The molecule has 19 heavy (non-hydrogen) atoms. The molecular formula is C15H25NO2S. The first kappa shape index (κ1) is 16.0. The second kappa shape index (κ2) is 7.53.